The molecule has 1 unspecified atom stereocenters. The van der Waals surface area contributed by atoms with Crippen LogP contribution >= 0.6 is 11.3 Å². The van der Waals surface area contributed by atoms with E-state index in [1.165, 1.54) is 10.4 Å². The third kappa shape index (κ3) is 4.88. The monoisotopic (exact) mass is 432 g/mol. The van der Waals surface area contributed by atoms with Crippen molar-refractivity contribution >= 4 is 23.2 Å². The summed E-state index contributed by atoms with van der Waals surface area (Å²) in [5, 5.41) is 2.11. The number of benzene rings is 2. The average Bonchev–Trinajstić information content (AvgIpc) is 3.28. The summed E-state index contributed by atoms with van der Waals surface area (Å²) in [6, 6.07) is 22.0. The van der Waals surface area contributed by atoms with Crippen LogP contribution in [0.5, 0.6) is 0 Å². The zero-order valence-electron chi connectivity index (χ0n) is 17.9. The Morgan fingerprint density at radius 1 is 1.03 bits per heavy atom. The van der Waals surface area contributed by atoms with Gasteiger partial charge in [0.05, 0.1) is 19.0 Å². The van der Waals surface area contributed by atoms with E-state index in [4.69, 9.17) is 0 Å². The second kappa shape index (κ2) is 9.92. The molecule has 2 amide bonds. The van der Waals surface area contributed by atoms with Crippen molar-refractivity contribution in [1.29, 1.82) is 0 Å². The molecule has 1 aliphatic heterocycles. The van der Waals surface area contributed by atoms with Gasteiger partial charge >= 0.3 is 0 Å². The van der Waals surface area contributed by atoms with Gasteiger partial charge in [0.1, 0.15) is 0 Å². The van der Waals surface area contributed by atoms with Gasteiger partial charge < -0.3 is 9.80 Å². The fourth-order valence-corrected chi connectivity index (χ4v) is 5.18. The van der Waals surface area contributed by atoms with E-state index < -0.39 is 0 Å². The molecule has 4 rings (SSSR count). The van der Waals surface area contributed by atoms with Crippen LogP contribution in [0.4, 0.5) is 0 Å². The van der Waals surface area contributed by atoms with Crippen molar-refractivity contribution < 1.29 is 9.59 Å². The van der Waals surface area contributed by atoms with Crippen LogP contribution in [-0.2, 0) is 22.4 Å². The van der Waals surface area contributed by atoms with Gasteiger partial charge in [-0.3, -0.25) is 9.59 Å². The highest BCUT2D eigenvalue weighted by Gasteiger charge is 2.33. The Morgan fingerprint density at radius 2 is 1.74 bits per heavy atom. The summed E-state index contributed by atoms with van der Waals surface area (Å²) in [5.74, 6) is 0.0199. The lowest BCUT2D eigenvalue weighted by Gasteiger charge is -2.37. The van der Waals surface area contributed by atoms with Crippen molar-refractivity contribution in [2.24, 2.45) is 0 Å². The van der Waals surface area contributed by atoms with Gasteiger partial charge in [0.15, 0.2) is 0 Å². The molecule has 0 saturated heterocycles. The number of fused-ring (bicyclic) bond motifs is 1. The largest absolute Gasteiger partial charge is 0.333 e. The molecule has 0 N–H and O–H groups in total. The van der Waals surface area contributed by atoms with Gasteiger partial charge in [-0.15, -0.1) is 11.3 Å². The lowest BCUT2D eigenvalue weighted by molar-refractivity contribution is -0.141. The third-order valence-electron chi connectivity index (χ3n) is 5.77. The summed E-state index contributed by atoms with van der Waals surface area (Å²) in [6.45, 7) is 3.44. The van der Waals surface area contributed by atoms with E-state index in [9.17, 15) is 9.59 Å². The predicted octanol–water partition coefficient (Wildman–Crippen LogP) is 4.70. The smallest absolute Gasteiger partial charge is 0.242 e. The van der Waals surface area contributed by atoms with Crippen molar-refractivity contribution in [1.82, 2.24) is 9.80 Å². The van der Waals surface area contributed by atoms with Gasteiger partial charge in [-0.25, -0.2) is 0 Å². The third-order valence-corrected chi connectivity index (χ3v) is 6.77. The maximum absolute atomic E-state index is 13.5. The maximum Gasteiger partial charge on any atom is 0.242 e. The lowest BCUT2D eigenvalue weighted by Crippen LogP contribution is -2.47. The van der Waals surface area contributed by atoms with Crippen molar-refractivity contribution in [3.63, 3.8) is 0 Å². The first-order valence-corrected chi connectivity index (χ1v) is 11.8. The molecule has 31 heavy (non-hydrogen) atoms. The molecular formula is C26H28N2O2S. The first-order chi connectivity index (χ1) is 15.2. The summed E-state index contributed by atoms with van der Waals surface area (Å²) in [6.07, 6.45) is 2.02. The van der Waals surface area contributed by atoms with Gasteiger partial charge in [0.25, 0.3) is 0 Å². The second-order valence-corrected chi connectivity index (χ2v) is 8.93. The number of hydrogen-bond donors (Lipinski definition) is 0. The number of hydrogen-bond acceptors (Lipinski definition) is 3. The molecule has 0 radical (unpaired) electrons. The van der Waals surface area contributed by atoms with Gasteiger partial charge in [-0.1, -0.05) is 67.6 Å². The molecule has 1 aliphatic rings. The number of amides is 2. The van der Waals surface area contributed by atoms with Gasteiger partial charge in [-0.2, -0.15) is 0 Å². The molecule has 4 nitrogen and oxygen atoms in total. The number of rotatable bonds is 7. The summed E-state index contributed by atoms with van der Waals surface area (Å²) < 4.78 is 0. The molecule has 0 spiro atoms. The molecule has 0 aliphatic carbocycles. The first kappa shape index (κ1) is 21.3. The topological polar surface area (TPSA) is 40.6 Å². The van der Waals surface area contributed by atoms with E-state index in [0.717, 1.165) is 24.0 Å². The van der Waals surface area contributed by atoms with Crippen molar-refractivity contribution in [3.05, 3.63) is 93.7 Å². The van der Waals surface area contributed by atoms with Crippen LogP contribution in [0.2, 0.25) is 0 Å². The Morgan fingerprint density at radius 3 is 2.45 bits per heavy atom. The van der Waals surface area contributed by atoms with Crippen LogP contribution in [0.3, 0.4) is 0 Å². The van der Waals surface area contributed by atoms with E-state index in [-0.39, 0.29) is 24.4 Å². The first-order valence-electron chi connectivity index (χ1n) is 10.9. The quantitative estimate of drug-likeness (QED) is 0.543. The van der Waals surface area contributed by atoms with Gasteiger partial charge in [0.2, 0.25) is 11.8 Å². The van der Waals surface area contributed by atoms with Crippen LogP contribution in [0.1, 0.15) is 41.0 Å². The Balaban J connectivity index is 1.54. The Kier molecular flexibility index (Phi) is 6.82. The summed E-state index contributed by atoms with van der Waals surface area (Å²) in [5.41, 5.74) is 3.31. The summed E-state index contributed by atoms with van der Waals surface area (Å²) in [4.78, 5) is 31.5. The fraction of sp³-hybridized carbons (Fsp3) is 0.308. The molecule has 1 aromatic heterocycles. The molecule has 0 fully saturated rings. The molecule has 2 heterocycles. The zero-order valence-corrected chi connectivity index (χ0v) is 18.7. The van der Waals surface area contributed by atoms with E-state index in [1.807, 2.05) is 60.4 Å². The SMILES string of the molecule is CCCN(CC(=O)N1CCc2sccc2C1c1ccccc1)C(=O)Cc1ccccc1. The van der Waals surface area contributed by atoms with Crippen LogP contribution in [0.25, 0.3) is 0 Å². The highest BCUT2D eigenvalue weighted by atomic mass is 32.1. The maximum atomic E-state index is 13.5. The normalized spacial score (nSPS) is 15.4. The van der Waals surface area contributed by atoms with E-state index in [0.29, 0.717) is 19.5 Å². The lowest BCUT2D eigenvalue weighted by atomic mass is 9.93. The Bertz CT molecular complexity index is 1020. The molecule has 2 aromatic carbocycles. The van der Waals surface area contributed by atoms with E-state index in [2.05, 4.69) is 23.6 Å². The van der Waals surface area contributed by atoms with Crippen molar-refractivity contribution in [2.45, 2.75) is 32.2 Å². The van der Waals surface area contributed by atoms with Crippen LogP contribution in [0, 0.1) is 0 Å². The number of carbonyl (C=O) groups excluding carboxylic acids is 2. The van der Waals surface area contributed by atoms with Crippen LogP contribution < -0.4 is 0 Å². The molecule has 0 bridgehead atoms. The molecule has 1 atom stereocenters. The molecule has 5 heteroatoms. The van der Waals surface area contributed by atoms with E-state index in [1.54, 1.807) is 16.2 Å². The molecule has 0 saturated carbocycles. The van der Waals surface area contributed by atoms with Crippen LogP contribution in [-0.4, -0.2) is 41.2 Å². The van der Waals surface area contributed by atoms with Gasteiger partial charge in [0, 0.05) is 18.0 Å². The summed E-state index contributed by atoms with van der Waals surface area (Å²) >= 11 is 1.76. The number of carbonyl (C=O) groups is 2. The fourth-order valence-electron chi connectivity index (χ4n) is 4.28. The molecule has 3 aromatic rings. The Hall–Kier alpha value is -2.92. The zero-order chi connectivity index (χ0) is 21.6. The minimum Gasteiger partial charge on any atom is -0.333 e. The average molecular weight is 433 g/mol. The minimum absolute atomic E-state index is 0.00546. The molecule has 160 valence electrons. The van der Waals surface area contributed by atoms with E-state index >= 15 is 0 Å². The molecular weight excluding hydrogens is 404 g/mol. The number of thiophene rings is 1. The minimum atomic E-state index is -0.0867. The van der Waals surface area contributed by atoms with Gasteiger partial charge in [-0.05, 0) is 41.0 Å². The highest BCUT2D eigenvalue weighted by molar-refractivity contribution is 7.10. The van der Waals surface area contributed by atoms with Crippen molar-refractivity contribution in [2.75, 3.05) is 19.6 Å². The predicted molar refractivity (Wildman–Crippen MR) is 125 cm³/mol. The standard InChI is InChI=1S/C26H28N2O2S/c1-2-15-27(24(29)18-20-9-5-3-6-10-20)19-25(30)28-16-13-23-22(14-17-31-23)26(28)21-11-7-4-8-12-21/h3-12,14,17,26H,2,13,15-16,18-19H2,1H3. The number of nitrogens with zero attached hydrogens (tertiary/aromatic N) is 2. The van der Waals surface area contributed by atoms with Crippen LogP contribution in [0.15, 0.2) is 72.1 Å². The second-order valence-electron chi connectivity index (χ2n) is 7.93. The summed E-state index contributed by atoms with van der Waals surface area (Å²) in [7, 11) is 0. The highest BCUT2D eigenvalue weighted by Crippen LogP contribution is 2.37. The Labute approximate surface area is 188 Å². The van der Waals surface area contributed by atoms with Crippen molar-refractivity contribution in [3.8, 4) is 0 Å².